The predicted octanol–water partition coefficient (Wildman–Crippen LogP) is 1.38. The molecule has 0 aliphatic rings. The van der Waals surface area contributed by atoms with E-state index in [1.54, 1.807) is 0 Å². The van der Waals surface area contributed by atoms with E-state index in [9.17, 15) is 18.0 Å². The molecule has 0 aromatic rings. The minimum atomic E-state index is -4.44. The normalized spacial score (nSPS) is 12.8. The van der Waals surface area contributed by atoms with Crippen molar-refractivity contribution in [3.63, 3.8) is 0 Å². The highest BCUT2D eigenvalue weighted by atomic mass is 19.4. The van der Waals surface area contributed by atoms with Crippen molar-refractivity contribution in [3.8, 4) is 0 Å². The summed E-state index contributed by atoms with van der Waals surface area (Å²) in [4.78, 5) is 13.5. The Morgan fingerprint density at radius 2 is 2.25 bits per heavy atom. The number of hydrogen-bond donors (Lipinski definition) is 1. The summed E-state index contributed by atoms with van der Waals surface area (Å²) in [5.41, 5.74) is 8.01. The minimum absolute atomic E-state index is 0.0410. The summed E-state index contributed by atoms with van der Waals surface area (Å²) >= 11 is 0. The number of carbonyl (C=O) groups excluding carboxylic acids is 1. The first-order valence-electron chi connectivity index (χ1n) is 4.38. The summed E-state index contributed by atoms with van der Waals surface area (Å²) in [5.74, 6) is -0.876. The fraction of sp³-hybridized carbons (Fsp3) is 0.857. The van der Waals surface area contributed by atoms with E-state index in [1.165, 1.54) is 6.92 Å². The average Bonchev–Trinajstić information content (AvgIpc) is 2.16. The van der Waals surface area contributed by atoms with E-state index >= 15 is 0 Å². The summed E-state index contributed by atoms with van der Waals surface area (Å²) in [6.45, 7) is -0.214. The number of esters is 1. The molecule has 1 atom stereocenters. The topological polar surface area (TPSA) is 87.1 Å². The fourth-order valence-electron chi connectivity index (χ4n) is 0.822. The Balaban J connectivity index is 4.30. The zero-order valence-electron chi connectivity index (χ0n) is 8.49. The smallest absolute Gasteiger partial charge is 0.401 e. The van der Waals surface area contributed by atoms with E-state index in [2.05, 4.69) is 14.8 Å². The van der Waals surface area contributed by atoms with Crippen molar-refractivity contribution in [2.24, 2.45) is 5.11 Å². The molecule has 0 fully saturated rings. The van der Waals surface area contributed by atoms with Gasteiger partial charge in [-0.2, -0.15) is 13.2 Å². The molecular formula is C7H11F3N4O2. The summed E-state index contributed by atoms with van der Waals surface area (Å²) in [5, 5.41) is 4.94. The number of rotatable bonds is 6. The molecule has 92 valence electrons. The van der Waals surface area contributed by atoms with Crippen LogP contribution in [-0.2, 0) is 9.53 Å². The number of halogens is 3. The lowest BCUT2D eigenvalue weighted by atomic mass is 10.3. The number of nitrogens with one attached hydrogen (secondary N) is 1. The van der Waals surface area contributed by atoms with Gasteiger partial charge in [-0.25, -0.2) is 0 Å². The van der Waals surface area contributed by atoms with Crippen molar-refractivity contribution in [2.75, 3.05) is 19.7 Å². The Labute approximate surface area is 89.4 Å². The van der Waals surface area contributed by atoms with Gasteiger partial charge in [-0.1, -0.05) is 5.11 Å². The Morgan fingerprint density at radius 3 is 2.69 bits per heavy atom. The molecule has 6 nitrogen and oxygen atoms in total. The first-order valence-corrected chi connectivity index (χ1v) is 4.38. The molecular weight excluding hydrogens is 229 g/mol. The Morgan fingerprint density at radius 1 is 1.62 bits per heavy atom. The fourth-order valence-corrected chi connectivity index (χ4v) is 0.822. The molecule has 0 aromatic carbocycles. The zero-order chi connectivity index (χ0) is 12.6. The van der Waals surface area contributed by atoms with E-state index in [0.717, 1.165) is 0 Å². The van der Waals surface area contributed by atoms with Crippen molar-refractivity contribution in [2.45, 2.75) is 19.1 Å². The number of hydrogen-bond acceptors (Lipinski definition) is 4. The summed E-state index contributed by atoms with van der Waals surface area (Å²) in [7, 11) is 0. The lowest BCUT2D eigenvalue weighted by Crippen LogP contribution is -2.44. The molecule has 16 heavy (non-hydrogen) atoms. The number of carbonyl (C=O) groups is 1. The third-order valence-electron chi connectivity index (χ3n) is 1.45. The molecule has 0 heterocycles. The third kappa shape index (κ3) is 6.91. The van der Waals surface area contributed by atoms with Gasteiger partial charge in [0.15, 0.2) is 0 Å². The van der Waals surface area contributed by atoms with E-state index in [4.69, 9.17) is 5.53 Å². The SMILES string of the molecule is CCOC(=O)C(CN=[N+]=[N-])NCC(F)(F)F. The number of azide groups is 1. The van der Waals surface area contributed by atoms with E-state index < -0.39 is 31.3 Å². The molecule has 0 amide bonds. The second-order valence-electron chi connectivity index (χ2n) is 2.71. The van der Waals surface area contributed by atoms with Crippen LogP contribution in [0.4, 0.5) is 13.2 Å². The van der Waals surface area contributed by atoms with Crippen LogP contribution in [0.5, 0.6) is 0 Å². The molecule has 0 saturated carbocycles. The summed E-state index contributed by atoms with van der Waals surface area (Å²) in [6.07, 6.45) is -4.44. The van der Waals surface area contributed by atoms with E-state index in [1.807, 2.05) is 5.32 Å². The summed E-state index contributed by atoms with van der Waals surface area (Å²) < 4.78 is 40.1. The molecule has 0 rings (SSSR count). The predicted molar refractivity (Wildman–Crippen MR) is 48.5 cm³/mol. The first-order chi connectivity index (χ1) is 7.40. The molecule has 0 spiro atoms. The van der Waals surface area contributed by atoms with Gasteiger partial charge in [-0.15, -0.1) is 0 Å². The Kier molecular flexibility index (Phi) is 6.28. The molecule has 0 saturated heterocycles. The molecule has 0 bridgehead atoms. The van der Waals surface area contributed by atoms with Crippen LogP contribution in [0.15, 0.2) is 5.11 Å². The molecule has 0 radical (unpaired) electrons. The van der Waals surface area contributed by atoms with E-state index in [-0.39, 0.29) is 6.61 Å². The van der Waals surface area contributed by atoms with Gasteiger partial charge in [0.2, 0.25) is 0 Å². The molecule has 9 heteroatoms. The van der Waals surface area contributed by atoms with Gasteiger partial charge in [-0.05, 0) is 12.5 Å². The molecule has 0 aromatic heterocycles. The quantitative estimate of drug-likeness (QED) is 0.329. The van der Waals surface area contributed by atoms with Crippen molar-refractivity contribution in [1.82, 2.24) is 5.32 Å². The van der Waals surface area contributed by atoms with Crippen LogP contribution in [0.1, 0.15) is 6.92 Å². The van der Waals surface area contributed by atoms with Gasteiger partial charge < -0.3 is 4.74 Å². The van der Waals surface area contributed by atoms with Crippen LogP contribution in [0.2, 0.25) is 0 Å². The number of alkyl halides is 3. The Bertz CT molecular complexity index is 275. The maximum Gasteiger partial charge on any atom is 0.401 e. The van der Waals surface area contributed by atoms with Crippen molar-refractivity contribution >= 4 is 5.97 Å². The second kappa shape index (κ2) is 6.91. The zero-order valence-corrected chi connectivity index (χ0v) is 8.49. The van der Waals surface area contributed by atoms with Gasteiger partial charge in [0, 0.05) is 4.91 Å². The standard InChI is InChI=1S/C7H11F3N4O2/c1-2-16-6(15)5(3-13-14-11)12-4-7(8,9)10/h5,12H,2-4H2,1H3. The van der Waals surface area contributed by atoms with Crippen LogP contribution >= 0.6 is 0 Å². The number of ether oxygens (including phenoxy) is 1. The molecule has 1 N–H and O–H groups in total. The average molecular weight is 240 g/mol. The van der Waals surface area contributed by atoms with Crippen LogP contribution in [0.3, 0.4) is 0 Å². The van der Waals surface area contributed by atoms with Gasteiger partial charge in [0.05, 0.1) is 19.7 Å². The lowest BCUT2D eigenvalue weighted by molar-refractivity contribution is -0.148. The van der Waals surface area contributed by atoms with Gasteiger partial charge >= 0.3 is 12.1 Å². The van der Waals surface area contributed by atoms with Crippen LogP contribution in [-0.4, -0.2) is 37.9 Å². The van der Waals surface area contributed by atoms with Crippen molar-refractivity contribution in [3.05, 3.63) is 10.4 Å². The van der Waals surface area contributed by atoms with Crippen molar-refractivity contribution in [1.29, 1.82) is 0 Å². The highest BCUT2D eigenvalue weighted by Gasteiger charge is 2.30. The van der Waals surface area contributed by atoms with E-state index in [0.29, 0.717) is 0 Å². The van der Waals surface area contributed by atoms with Gasteiger partial charge in [-0.3, -0.25) is 10.1 Å². The van der Waals surface area contributed by atoms with Crippen LogP contribution < -0.4 is 5.32 Å². The maximum atomic E-state index is 11.9. The summed E-state index contributed by atoms with van der Waals surface area (Å²) in [6, 6.07) is -1.28. The van der Waals surface area contributed by atoms with Crippen molar-refractivity contribution < 1.29 is 22.7 Å². The second-order valence-corrected chi connectivity index (χ2v) is 2.71. The van der Waals surface area contributed by atoms with Gasteiger partial charge in [0.25, 0.3) is 0 Å². The monoisotopic (exact) mass is 240 g/mol. The van der Waals surface area contributed by atoms with Crippen LogP contribution in [0, 0.1) is 0 Å². The molecule has 0 aliphatic carbocycles. The van der Waals surface area contributed by atoms with Crippen LogP contribution in [0.25, 0.3) is 10.4 Å². The first kappa shape index (κ1) is 14.5. The molecule has 0 aliphatic heterocycles. The number of nitrogens with zero attached hydrogens (tertiary/aromatic N) is 3. The molecule has 1 unspecified atom stereocenters. The lowest BCUT2D eigenvalue weighted by Gasteiger charge is -2.16. The largest absolute Gasteiger partial charge is 0.465 e. The Hall–Kier alpha value is -1.47. The third-order valence-corrected chi connectivity index (χ3v) is 1.45. The highest BCUT2D eigenvalue weighted by Crippen LogP contribution is 2.12. The minimum Gasteiger partial charge on any atom is -0.465 e. The highest BCUT2D eigenvalue weighted by molar-refractivity contribution is 5.76. The maximum absolute atomic E-state index is 11.9. The van der Waals surface area contributed by atoms with Gasteiger partial charge in [0.1, 0.15) is 6.04 Å².